The highest BCUT2D eigenvalue weighted by molar-refractivity contribution is 5.91. The zero-order valence-electron chi connectivity index (χ0n) is 12.3. The van der Waals surface area contributed by atoms with Crippen LogP contribution >= 0.6 is 0 Å². The molecule has 0 saturated carbocycles. The van der Waals surface area contributed by atoms with Crippen molar-refractivity contribution in [2.75, 3.05) is 18.4 Å². The minimum atomic E-state index is 0.0728. The molecule has 0 aromatic heterocycles. The van der Waals surface area contributed by atoms with Gasteiger partial charge in [0.25, 0.3) is 0 Å². The predicted octanol–water partition coefficient (Wildman–Crippen LogP) is 2.35. The maximum atomic E-state index is 12.1. The first-order valence-corrected chi connectivity index (χ1v) is 7.52. The van der Waals surface area contributed by atoms with Gasteiger partial charge in [-0.05, 0) is 37.9 Å². The molecule has 1 aliphatic rings. The molecule has 0 aliphatic carbocycles. The van der Waals surface area contributed by atoms with Gasteiger partial charge in [0.15, 0.2) is 0 Å². The Morgan fingerprint density at radius 3 is 2.95 bits per heavy atom. The molecule has 1 amide bonds. The van der Waals surface area contributed by atoms with Crippen LogP contribution in [0.2, 0.25) is 0 Å². The van der Waals surface area contributed by atoms with Crippen molar-refractivity contribution in [3.05, 3.63) is 29.8 Å². The van der Waals surface area contributed by atoms with Crippen molar-refractivity contribution in [3.8, 4) is 0 Å². The average molecular weight is 275 g/mol. The molecular weight excluding hydrogens is 250 g/mol. The van der Waals surface area contributed by atoms with Gasteiger partial charge in [-0.1, -0.05) is 24.6 Å². The van der Waals surface area contributed by atoms with Crippen LogP contribution in [-0.2, 0) is 11.3 Å². The van der Waals surface area contributed by atoms with Gasteiger partial charge in [0, 0.05) is 31.2 Å². The summed E-state index contributed by atoms with van der Waals surface area (Å²) >= 11 is 0. The number of likely N-dealkylation sites (tertiary alicyclic amines) is 1. The molecule has 4 nitrogen and oxygen atoms in total. The van der Waals surface area contributed by atoms with E-state index in [1.165, 1.54) is 19.3 Å². The van der Waals surface area contributed by atoms with Crippen LogP contribution in [0, 0.1) is 0 Å². The number of carbonyl (C=O) groups excluding carboxylic acids is 1. The van der Waals surface area contributed by atoms with Crippen LogP contribution in [0.5, 0.6) is 0 Å². The summed E-state index contributed by atoms with van der Waals surface area (Å²) in [6.07, 6.45) is 4.36. The summed E-state index contributed by atoms with van der Waals surface area (Å²) in [7, 11) is 0. The number of amides is 1. The third-order valence-corrected chi connectivity index (χ3v) is 4.08. The lowest BCUT2D eigenvalue weighted by Gasteiger charge is -2.33. The van der Waals surface area contributed by atoms with E-state index in [4.69, 9.17) is 5.73 Å². The number of hydrogen-bond donors (Lipinski definition) is 2. The van der Waals surface area contributed by atoms with Crippen molar-refractivity contribution in [2.24, 2.45) is 5.73 Å². The number of nitrogens with two attached hydrogens (primary N) is 1. The lowest BCUT2D eigenvalue weighted by atomic mass is 10.0. The normalized spacial score (nSPS) is 19.8. The van der Waals surface area contributed by atoms with E-state index in [1.54, 1.807) is 0 Å². The number of nitrogens with zero attached hydrogens (tertiary/aromatic N) is 1. The lowest BCUT2D eigenvalue weighted by Crippen LogP contribution is -2.39. The fraction of sp³-hybridized carbons (Fsp3) is 0.562. The van der Waals surface area contributed by atoms with E-state index in [0.29, 0.717) is 19.0 Å². The molecule has 2 rings (SSSR count). The van der Waals surface area contributed by atoms with Crippen LogP contribution in [0.3, 0.4) is 0 Å². The van der Waals surface area contributed by atoms with Gasteiger partial charge in [-0.2, -0.15) is 0 Å². The molecule has 1 unspecified atom stereocenters. The van der Waals surface area contributed by atoms with Crippen molar-refractivity contribution in [2.45, 2.75) is 45.2 Å². The second kappa shape index (κ2) is 7.41. The molecule has 1 aromatic carbocycles. The molecule has 0 spiro atoms. The summed E-state index contributed by atoms with van der Waals surface area (Å²) in [5, 5.41) is 2.97. The van der Waals surface area contributed by atoms with E-state index in [1.807, 2.05) is 24.3 Å². The first kappa shape index (κ1) is 15.0. The maximum absolute atomic E-state index is 12.1. The SMILES string of the molecule is CC1CCCCN1CCC(=O)Nc1ccccc1CN. The number of para-hydroxylation sites is 1. The minimum absolute atomic E-state index is 0.0728. The number of hydrogen-bond acceptors (Lipinski definition) is 3. The second-order valence-electron chi connectivity index (χ2n) is 5.54. The van der Waals surface area contributed by atoms with E-state index in [2.05, 4.69) is 17.1 Å². The minimum Gasteiger partial charge on any atom is -0.326 e. The van der Waals surface area contributed by atoms with Crippen LogP contribution in [-0.4, -0.2) is 29.9 Å². The molecule has 1 atom stereocenters. The maximum Gasteiger partial charge on any atom is 0.225 e. The highest BCUT2D eigenvalue weighted by Gasteiger charge is 2.18. The van der Waals surface area contributed by atoms with E-state index in [9.17, 15) is 4.79 Å². The fourth-order valence-corrected chi connectivity index (χ4v) is 2.77. The molecule has 1 aromatic rings. The molecule has 1 saturated heterocycles. The molecule has 3 N–H and O–H groups in total. The summed E-state index contributed by atoms with van der Waals surface area (Å²) in [5.74, 6) is 0.0728. The highest BCUT2D eigenvalue weighted by atomic mass is 16.1. The van der Waals surface area contributed by atoms with Gasteiger partial charge in [-0.15, -0.1) is 0 Å². The third-order valence-electron chi connectivity index (χ3n) is 4.08. The Morgan fingerprint density at radius 2 is 2.20 bits per heavy atom. The van der Waals surface area contributed by atoms with Crippen molar-refractivity contribution in [1.82, 2.24) is 4.90 Å². The Kier molecular flexibility index (Phi) is 5.56. The summed E-state index contributed by atoms with van der Waals surface area (Å²) in [4.78, 5) is 14.5. The fourth-order valence-electron chi connectivity index (χ4n) is 2.77. The monoisotopic (exact) mass is 275 g/mol. The van der Waals surface area contributed by atoms with Crippen molar-refractivity contribution in [1.29, 1.82) is 0 Å². The Hall–Kier alpha value is -1.39. The zero-order valence-corrected chi connectivity index (χ0v) is 12.3. The predicted molar refractivity (Wildman–Crippen MR) is 82.5 cm³/mol. The van der Waals surface area contributed by atoms with Gasteiger partial charge >= 0.3 is 0 Å². The summed E-state index contributed by atoms with van der Waals surface area (Å²) in [5.41, 5.74) is 7.49. The van der Waals surface area contributed by atoms with Gasteiger partial charge in [0.2, 0.25) is 5.91 Å². The van der Waals surface area contributed by atoms with Crippen molar-refractivity contribution < 1.29 is 4.79 Å². The first-order valence-electron chi connectivity index (χ1n) is 7.52. The number of piperidine rings is 1. The number of carbonyl (C=O) groups is 1. The lowest BCUT2D eigenvalue weighted by molar-refractivity contribution is -0.116. The van der Waals surface area contributed by atoms with E-state index < -0.39 is 0 Å². The molecule has 4 heteroatoms. The number of benzene rings is 1. The van der Waals surface area contributed by atoms with Gasteiger partial charge < -0.3 is 16.0 Å². The van der Waals surface area contributed by atoms with Crippen LogP contribution < -0.4 is 11.1 Å². The molecule has 1 aliphatic heterocycles. The topological polar surface area (TPSA) is 58.4 Å². The largest absolute Gasteiger partial charge is 0.326 e. The second-order valence-corrected chi connectivity index (χ2v) is 5.54. The number of rotatable bonds is 5. The van der Waals surface area contributed by atoms with Crippen LogP contribution in [0.1, 0.15) is 38.2 Å². The zero-order chi connectivity index (χ0) is 14.4. The van der Waals surface area contributed by atoms with Gasteiger partial charge in [0.05, 0.1) is 0 Å². The summed E-state index contributed by atoms with van der Waals surface area (Å²) in [6, 6.07) is 8.31. The van der Waals surface area contributed by atoms with Gasteiger partial charge in [0.1, 0.15) is 0 Å². The Morgan fingerprint density at radius 1 is 1.40 bits per heavy atom. The van der Waals surface area contributed by atoms with Crippen LogP contribution in [0.25, 0.3) is 0 Å². The number of nitrogens with one attached hydrogen (secondary N) is 1. The van der Waals surface area contributed by atoms with Crippen molar-refractivity contribution >= 4 is 11.6 Å². The Labute approximate surface area is 121 Å². The van der Waals surface area contributed by atoms with E-state index >= 15 is 0 Å². The van der Waals surface area contributed by atoms with E-state index in [0.717, 1.165) is 24.3 Å². The number of anilines is 1. The highest BCUT2D eigenvalue weighted by Crippen LogP contribution is 2.17. The molecule has 0 radical (unpaired) electrons. The van der Waals surface area contributed by atoms with E-state index in [-0.39, 0.29) is 5.91 Å². The Balaban J connectivity index is 1.83. The smallest absolute Gasteiger partial charge is 0.225 e. The molecule has 1 heterocycles. The Bertz CT molecular complexity index is 447. The van der Waals surface area contributed by atoms with Crippen LogP contribution in [0.15, 0.2) is 24.3 Å². The first-order chi connectivity index (χ1) is 9.70. The quantitative estimate of drug-likeness (QED) is 0.867. The standard InChI is InChI=1S/C16H25N3O/c1-13-6-4-5-10-19(13)11-9-16(20)18-15-8-3-2-7-14(15)12-17/h2-3,7-8,13H,4-6,9-12,17H2,1H3,(H,18,20). The summed E-state index contributed by atoms with van der Waals surface area (Å²) < 4.78 is 0. The average Bonchev–Trinajstić information content (AvgIpc) is 2.47. The molecular formula is C16H25N3O. The van der Waals surface area contributed by atoms with Crippen molar-refractivity contribution in [3.63, 3.8) is 0 Å². The molecule has 20 heavy (non-hydrogen) atoms. The van der Waals surface area contributed by atoms with Gasteiger partial charge in [-0.3, -0.25) is 4.79 Å². The summed E-state index contributed by atoms with van der Waals surface area (Å²) in [6.45, 7) is 4.66. The molecule has 1 fully saturated rings. The molecule has 110 valence electrons. The van der Waals surface area contributed by atoms with Gasteiger partial charge in [-0.25, -0.2) is 0 Å². The van der Waals surface area contributed by atoms with Crippen LogP contribution in [0.4, 0.5) is 5.69 Å². The molecule has 0 bridgehead atoms. The third kappa shape index (κ3) is 4.05.